The van der Waals surface area contributed by atoms with E-state index in [1.807, 2.05) is 42.2 Å². The molecule has 6 heteroatoms. The number of hydrogen-bond acceptors (Lipinski definition) is 4. The summed E-state index contributed by atoms with van der Waals surface area (Å²) in [7, 11) is 0. The molecule has 2 aliphatic heterocycles. The number of nitrogens with one attached hydrogen (secondary N) is 1. The fraction of sp³-hybridized carbons (Fsp3) is 0.462. The second-order valence-electron chi connectivity index (χ2n) is 9.00. The molecule has 2 amide bonds. The molecule has 2 saturated heterocycles. The summed E-state index contributed by atoms with van der Waals surface area (Å²) in [6, 6.07) is 18.5. The number of rotatable bonds is 7. The highest BCUT2D eigenvalue weighted by molar-refractivity contribution is 5.79. The molecule has 2 aliphatic rings. The fourth-order valence-corrected chi connectivity index (χ4v) is 4.63. The average molecular weight is 435 g/mol. The molecular weight excluding hydrogens is 400 g/mol. The summed E-state index contributed by atoms with van der Waals surface area (Å²) in [6.07, 6.45) is 1.56. The number of anilines is 1. The maximum atomic E-state index is 12.7. The van der Waals surface area contributed by atoms with Crippen LogP contribution in [0.2, 0.25) is 0 Å². The number of carbonyl (C=O) groups is 2. The molecule has 0 aliphatic carbocycles. The lowest BCUT2D eigenvalue weighted by molar-refractivity contribution is -0.132. The SMILES string of the molecule is Cc1ccccc1CC(=O)N1CCN(CC(=O)NCC2CCN(c3ccccc3)C2)CC1. The summed E-state index contributed by atoms with van der Waals surface area (Å²) >= 11 is 0. The van der Waals surface area contributed by atoms with Crippen LogP contribution in [-0.4, -0.2) is 74.0 Å². The smallest absolute Gasteiger partial charge is 0.234 e. The monoisotopic (exact) mass is 434 g/mol. The van der Waals surface area contributed by atoms with E-state index in [1.54, 1.807) is 0 Å². The summed E-state index contributed by atoms with van der Waals surface area (Å²) in [5.74, 6) is 0.755. The van der Waals surface area contributed by atoms with Gasteiger partial charge in [-0.3, -0.25) is 14.5 Å². The molecule has 1 N–H and O–H groups in total. The van der Waals surface area contributed by atoms with Gasteiger partial charge in [-0.05, 0) is 42.5 Å². The highest BCUT2D eigenvalue weighted by Gasteiger charge is 2.25. The van der Waals surface area contributed by atoms with Crippen LogP contribution in [0.25, 0.3) is 0 Å². The molecule has 4 rings (SSSR count). The zero-order valence-electron chi connectivity index (χ0n) is 19.0. The van der Waals surface area contributed by atoms with E-state index >= 15 is 0 Å². The third-order valence-corrected chi connectivity index (χ3v) is 6.69. The van der Waals surface area contributed by atoms with Gasteiger partial charge in [0.2, 0.25) is 11.8 Å². The quantitative estimate of drug-likeness (QED) is 0.727. The van der Waals surface area contributed by atoms with Crippen molar-refractivity contribution in [2.75, 3.05) is 57.3 Å². The van der Waals surface area contributed by atoms with Gasteiger partial charge in [-0.25, -0.2) is 0 Å². The van der Waals surface area contributed by atoms with Crippen LogP contribution >= 0.6 is 0 Å². The third kappa shape index (κ3) is 5.88. The molecule has 170 valence electrons. The Labute approximate surface area is 191 Å². The van der Waals surface area contributed by atoms with Crippen LogP contribution in [0.3, 0.4) is 0 Å². The number of amides is 2. The van der Waals surface area contributed by atoms with Crippen molar-refractivity contribution < 1.29 is 9.59 Å². The minimum atomic E-state index is 0.0860. The van der Waals surface area contributed by atoms with E-state index in [-0.39, 0.29) is 11.8 Å². The zero-order chi connectivity index (χ0) is 22.3. The van der Waals surface area contributed by atoms with Crippen LogP contribution in [0, 0.1) is 12.8 Å². The van der Waals surface area contributed by atoms with Crippen LogP contribution < -0.4 is 10.2 Å². The van der Waals surface area contributed by atoms with E-state index in [0.717, 1.165) is 50.3 Å². The first-order valence-corrected chi connectivity index (χ1v) is 11.7. The number of piperazine rings is 1. The molecule has 0 radical (unpaired) electrons. The molecule has 0 saturated carbocycles. The van der Waals surface area contributed by atoms with E-state index in [9.17, 15) is 9.59 Å². The molecule has 0 aromatic heterocycles. The number of nitrogens with zero attached hydrogens (tertiary/aromatic N) is 3. The Bertz CT molecular complexity index is 909. The molecule has 2 aromatic carbocycles. The molecule has 32 heavy (non-hydrogen) atoms. The Morgan fingerprint density at radius 3 is 2.41 bits per heavy atom. The van der Waals surface area contributed by atoms with Crippen molar-refractivity contribution in [1.29, 1.82) is 0 Å². The first kappa shape index (κ1) is 22.3. The van der Waals surface area contributed by atoms with Gasteiger partial charge in [-0.1, -0.05) is 42.5 Å². The Balaban J connectivity index is 1.14. The maximum absolute atomic E-state index is 12.7. The molecule has 2 aromatic rings. The summed E-state index contributed by atoms with van der Waals surface area (Å²) in [4.78, 5) is 31.6. The molecule has 1 atom stereocenters. The molecule has 1 unspecified atom stereocenters. The van der Waals surface area contributed by atoms with Crippen molar-refractivity contribution in [3.05, 3.63) is 65.7 Å². The first-order valence-electron chi connectivity index (χ1n) is 11.7. The normalized spacial score (nSPS) is 19.2. The first-order chi connectivity index (χ1) is 15.6. The van der Waals surface area contributed by atoms with E-state index in [1.165, 1.54) is 5.69 Å². The van der Waals surface area contributed by atoms with Crippen molar-refractivity contribution in [2.45, 2.75) is 19.8 Å². The van der Waals surface area contributed by atoms with Crippen molar-refractivity contribution in [2.24, 2.45) is 5.92 Å². The van der Waals surface area contributed by atoms with E-state index in [4.69, 9.17) is 0 Å². The Morgan fingerprint density at radius 2 is 1.66 bits per heavy atom. The number of aryl methyl sites for hydroxylation is 1. The number of carbonyl (C=O) groups excluding carboxylic acids is 2. The lowest BCUT2D eigenvalue weighted by Crippen LogP contribution is -2.51. The summed E-state index contributed by atoms with van der Waals surface area (Å²) < 4.78 is 0. The van der Waals surface area contributed by atoms with E-state index in [2.05, 4.69) is 39.4 Å². The Kier molecular flexibility index (Phi) is 7.43. The minimum absolute atomic E-state index is 0.0860. The molecule has 0 spiro atoms. The van der Waals surface area contributed by atoms with Gasteiger partial charge in [0.1, 0.15) is 0 Å². The van der Waals surface area contributed by atoms with Gasteiger partial charge in [0.15, 0.2) is 0 Å². The largest absolute Gasteiger partial charge is 0.371 e. The standard InChI is InChI=1S/C26H34N4O2/c1-21-7-5-6-8-23(21)17-26(32)29-15-13-28(14-16-29)20-25(31)27-18-22-11-12-30(19-22)24-9-3-2-4-10-24/h2-10,22H,11-20H2,1H3,(H,27,31). The average Bonchev–Trinajstić information content (AvgIpc) is 3.29. The van der Waals surface area contributed by atoms with Crippen molar-refractivity contribution in [3.8, 4) is 0 Å². The lowest BCUT2D eigenvalue weighted by Gasteiger charge is -2.34. The second-order valence-corrected chi connectivity index (χ2v) is 9.00. The highest BCUT2D eigenvalue weighted by atomic mass is 16.2. The van der Waals surface area contributed by atoms with Crippen LogP contribution in [0.15, 0.2) is 54.6 Å². The van der Waals surface area contributed by atoms with Gasteiger partial charge >= 0.3 is 0 Å². The molecule has 2 heterocycles. The van der Waals surface area contributed by atoms with Crippen LogP contribution in [0.4, 0.5) is 5.69 Å². The topological polar surface area (TPSA) is 55.9 Å². The third-order valence-electron chi connectivity index (χ3n) is 6.69. The summed E-state index contributed by atoms with van der Waals surface area (Å²) in [5.41, 5.74) is 3.51. The Morgan fingerprint density at radius 1 is 0.938 bits per heavy atom. The predicted molar refractivity (Wildman–Crippen MR) is 128 cm³/mol. The second kappa shape index (κ2) is 10.6. The summed E-state index contributed by atoms with van der Waals surface area (Å²) in [5, 5.41) is 3.13. The summed E-state index contributed by atoms with van der Waals surface area (Å²) in [6.45, 7) is 8.10. The number of hydrogen-bond donors (Lipinski definition) is 1. The minimum Gasteiger partial charge on any atom is -0.371 e. The molecule has 2 fully saturated rings. The van der Waals surface area contributed by atoms with Crippen molar-refractivity contribution >= 4 is 17.5 Å². The lowest BCUT2D eigenvalue weighted by atomic mass is 10.1. The van der Waals surface area contributed by atoms with Crippen molar-refractivity contribution in [1.82, 2.24) is 15.1 Å². The van der Waals surface area contributed by atoms with Crippen LogP contribution in [0.1, 0.15) is 17.5 Å². The van der Waals surface area contributed by atoms with Gasteiger partial charge in [0, 0.05) is 51.5 Å². The van der Waals surface area contributed by atoms with E-state index < -0.39 is 0 Å². The predicted octanol–water partition coefficient (Wildman–Crippen LogP) is 2.32. The van der Waals surface area contributed by atoms with Gasteiger partial charge in [-0.2, -0.15) is 0 Å². The van der Waals surface area contributed by atoms with Gasteiger partial charge in [0.25, 0.3) is 0 Å². The van der Waals surface area contributed by atoms with Gasteiger partial charge < -0.3 is 15.1 Å². The maximum Gasteiger partial charge on any atom is 0.234 e. The molecule has 6 nitrogen and oxygen atoms in total. The number of benzene rings is 2. The van der Waals surface area contributed by atoms with Gasteiger partial charge in [0.05, 0.1) is 13.0 Å². The molecular formula is C26H34N4O2. The van der Waals surface area contributed by atoms with Gasteiger partial charge in [-0.15, -0.1) is 0 Å². The zero-order valence-corrected chi connectivity index (χ0v) is 19.0. The highest BCUT2D eigenvalue weighted by Crippen LogP contribution is 2.23. The van der Waals surface area contributed by atoms with E-state index in [0.29, 0.717) is 32.0 Å². The molecule has 0 bridgehead atoms. The fourth-order valence-electron chi connectivity index (χ4n) is 4.63. The number of para-hydroxylation sites is 1. The Hall–Kier alpha value is -2.86. The van der Waals surface area contributed by atoms with Crippen LogP contribution in [0.5, 0.6) is 0 Å². The van der Waals surface area contributed by atoms with Crippen molar-refractivity contribution in [3.63, 3.8) is 0 Å². The van der Waals surface area contributed by atoms with Crippen LogP contribution in [-0.2, 0) is 16.0 Å².